The first-order chi connectivity index (χ1) is 39.8. The summed E-state index contributed by atoms with van der Waals surface area (Å²) >= 11 is 7.90. The predicted molar refractivity (Wildman–Crippen MR) is 310 cm³/mol. The van der Waals surface area contributed by atoms with Gasteiger partial charge in [0.05, 0.1) is 33.0 Å². The Kier molecular flexibility index (Phi) is 15.3. The number of halogens is 5. The topological polar surface area (TPSA) is 202 Å². The third-order valence-electron chi connectivity index (χ3n) is 17.7. The van der Waals surface area contributed by atoms with E-state index in [4.69, 9.17) is 31.6 Å². The number of fused-ring (bicyclic) bond motifs is 4. The summed E-state index contributed by atoms with van der Waals surface area (Å²) in [6.07, 6.45) is 2.97. The summed E-state index contributed by atoms with van der Waals surface area (Å²) in [7, 11) is 0. The Morgan fingerprint density at radius 3 is 2.45 bits per heavy atom. The van der Waals surface area contributed by atoms with Gasteiger partial charge in [0.15, 0.2) is 17.4 Å². The number of hydrogen-bond acceptors (Lipinski definition) is 15. The molecule has 5 N–H and O–H groups in total. The number of benzene rings is 4. The van der Waals surface area contributed by atoms with E-state index in [1.54, 1.807) is 44.2 Å². The summed E-state index contributed by atoms with van der Waals surface area (Å²) in [4.78, 5) is 46.0. The molecule has 12 rings (SSSR count). The number of β-amino-alcohol motifs (C(OH)–C–C–N with tert-alkyl or cyclic N) is 1. The van der Waals surface area contributed by atoms with Gasteiger partial charge in [-0.05, 0) is 118 Å². The fourth-order valence-electron chi connectivity index (χ4n) is 13.2. The summed E-state index contributed by atoms with van der Waals surface area (Å²) in [6, 6.07) is 16.1. The van der Waals surface area contributed by atoms with E-state index < -0.39 is 53.3 Å². The second-order valence-electron chi connectivity index (χ2n) is 23.7. The van der Waals surface area contributed by atoms with Gasteiger partial charge < -0.3 is 45.4 Å². The second kappa shape index (κ2) is 22.5. The molecule has 8 heterocycles. The van der Waals surface area contributed by atoms with Crippen LogP contribution >= 0.6 is 22.9 Å². The highest BCUT2D eigenvalue weighted by atomic mass is 35.5. The number of aryl methyl sites for hydroxylation is 1. The minimum Gasteiger partial charge on any atom is -0.462 e. The maximum Gasteiger partial charge on any atom is 0.319 e. The number of aliphatic hydroxyl groups is 1. The van der Waals surface area contributed by atoms with Gasteiger partial charge in [-0.25, -0.2) is 17.6 Å². The van der Waals surface area contributed by atoms with Crippen molar-refractivity contribution in [3.8, 4) is 34.3 Å². The van der Waals surface area contributed by atoms with Gasteiger partial charge >= 0.3 is 6.01 Å². The standard InChI is InChI=1S/C61H64ClF4N11O5S/c1-31(2)49(59(80)77-28-38(78)22-46(77)58(79)70-33(4)35-5-7-36(8-6-35)50-44(64)19-32(3)20-45(50)65)47-24-48(73-82-47)76-29-61(30-76)12-15-74(16-13-61)17-18-81-60-71-54-40(57(72-60)75-14-11-34-21-37(27-75)69-26-34)23-42(62)52(53(54)66)39-9-10-43(63)55-51(39)41(25-67)56(68)83-55/h5-10,19-20,23-24,31,33-34,37-38,46,49,69,78H,11-18,21-22,26-30,68H2,1-4H3,(H,70,79)/t33-,34?,37?,38+,46-,49-/m0/s1. The number of aliphatic hydroxyl groups excluding tert-OH is 1. The number of anilines is 3. The van der Waals surface area contributed by atoms with Crippen molar-refractivity contribution >= 4 is 72.4 Å². The van der Waals surface area contributed by atoms with E-state index in [1.165, 1.54) is 29.2 Å². The first kappa shape index (κ1) is 56.4. The third kappa shape index (κ3) is 10.7. The van der Waals surface area contributed by atoms with E-state index in [0.717, 1.165) is 69.7 Å². The smallest absolute Gasteiger partial charge is 0.319 e. The summed E-state index contributed by atoms with van der Waals surface area (Å²) < 4.78 is 74.3. The molecule has 1 spiro atoms. The van der Waals surface area contributed by atoms with Crippen LogP contribution in [0.3, 0.4) is 0 Å². The Labute approximate surface area is 486 Å². The van der Waals surface area contributed by atoms with Gasteiger partial charge in [0, 0.05) is 79.5 Å². The van der Waals surface area contributed by atoms with Gasteiger partial charge in [-0.1, -0.05) is 60.9 Å². The molecule has 2 unspecified atom stereocenters. The molecule has 22 heteroatoms. The molecule has 5 fully saturated rings. The van der Waals surface area contributed by atoms with Crippen LogP contribution in [0.5, 0.6) is 6.01 Å². The molecular formula is C61H64ClF4N11O5S. The molecule has 0 saturated carbocycles. The van der Waals surface area contributed by atoms with Crippen LogP contribution < -0.4 is 30.9 Å². The van der Waals surface area contributed by atoms with Crippen molar-refractivity contribution in [3.05, 3.63) is 111 Å². The van der Waals surface area contributed by atoms with Crippen LogP contribution in [0.4, 0.5) is 34.2 Å². The highest BCUT2D eigenvalue weighted by Gasteiger charge is 2.47. The number of carbonyl (C=O) groups is 2. The zero-order valence-corrected chi connectivity index (χ0v) is 48.0. The summed E-state index contributed by atoms with van der Waals surface area (Å²) in [5.41, 5.74) is 7.87. The first-order valence-corrected chi connectivity index (χ1v) is 29.6. The van der Waals surface area contributed by atoms with Crippen LogP contribution in [-0.4, -0.2) is 126 Å². The Bertz CT molecular complexity index is 3690. The number of rotatable bonds is 14. The van der Waals surface area contributed by atoms with Crippen LogP contribution in [-0.2, 0) is 9.59 Å². The number of piperidine rings is 1. The van der Waals surface area contributed by atoms with Crippen molar-refractivity contribution in [2.75, 3.05) is 81.0 Å². The molecule has 0 radical (unpaired) electrons. The average molecular weight is 1170 g/mol. The van der Waals surface area contributed by atoms with E-state index in [9.17, 15) is 28.7 Å². The molecular weight excluding hydrogens is 1110 g/mol. The molecule has 4 aromatic carbocycles. The zero-order valence-electron chi connectivity index (χ0n) is 46.5. The van der Waals surface area contributed by atoms with Crippen molar-refractivity contribution in [1.82, 2.24) is 35.6 Å². The first-order valence-electron chi connectivity index (χ1n) is 28.4. The van der Waals surface area contributed by atoms with Gasteiger partial charge in [-0.15, -0.1) is 11.3 Å². The Balaban J connectivity index is 0.679. The number of ether oxygens (including phenoxy) is 1. The molecule has 3 aromatic heterocycles. The monoisotopic (exact) mass is 1170 g/mol. The number of carbonyl (C=O) groups excluding carboxylic acids is 2. The van der Waals surface area contributed by atoms with Crippen LogP contribution in [0, 0.1) is 58.8 Å². The maximum absolute atomic E-state index is 17.3. The maximum atomic E-state index is 17.3. The molecule has 16 nitrogen and oxygen atoms in total. The molecule has 6 atom stereocenters. The van der Waals surface area contributed by atoms with Crippen LogP contribution in [0.15, 0.2) is 65.2 Å². The highest BCUT2D eigenvalue weighted by Crippen LogP contribution is 2.47. The van der Waals surface area contributed by atoms with Crippen molar-refractivity contribution in [2.24, 2.45) is 17.3 Å². The normalized spacial score (nSPS) is 21.4. The van der Waals surface area contributed by atoms with Crippen LogP contribution in [0.25, 0.3) is 43.2 Å². The molecule has 5 saturated heterocycles. The van der Waals surface area contributed by atoms with Gasteiger partial charge in [-0.3, -0.25) is 14.5 Å². The quantitative estimate of drug-likeness (QED) is 0.0750. The molecule has 434 valence electrons. The molecule has 5 aliphatic rings. The summed E-state index contributed by atoms with van der Waals surface area (Å²) in [6.45, 7) is 13.5. The summed E-state index contributed by atoms with van der Waals surface area (Å²) in [5, 5.41) is 32.7. The van der Waals surface area contributed by atoms with Gasteiger partial charge in [0.2, 0.25) is 11.8 Å². The molecule has 2 bridgehead atoms. The van der Waals surface area contributed by atoms with Gasteiger partial charge in [0.1, 0.15) is 58.4 Å². The number of nitrogen functional groups attached to an aromatic ring is 1. The Hall–Kier alpha value is -7.09. The Morgan fingerprint density at radius 2 is 1.72 bits per heavy atom. The molecule has 0 aliphatic carbocycles. The third-order valence-corrected chi connectivity index (χ3v) is 19.0. The number of aromatic nitrogens is 3. The van der Waals surface area contributed by atoms with Crippen LogP contribution in [0.2, 0.25) is 5.02 Å². The van der Waals surface area contributed by atoms with E-state index in [-0.39, 0.29) is 96.7 Å². The Morgan fingerprint density at radius 1 is 0.976 bits per heavy atom. The number of nitriles is 1. The lowest BCUT2D eigenvalue weighted by atomic mass is 9.72. The molecule has 7 aromatic rings. The molecule has 5 aliphatic heterocycles. The van der Waals surface area contributed by atoms with E-state index >= 15 is 8.78 Å². The number of amides is 2. The minimum absolute atomic E-state index is 0.00190. The number of likely N-dealkylation sites (tertiary alicyclic amines) is 2. The minimum atomic E-state index is -0.943. The van der Waals surface area contributed by atoms with Crippen LogP contribution in [0.1, 0.15) is 87.3 Å². The van der Waals surface area contributed by atoms with Crippen molar-refractivity contribution in [1.29, 1.82) is 5.26 Å². The van der Waals surface area contributed by atoms with Crippen molar-refractivity contribution in [3.63, 3.8) is 0 Å². The number of thiophene rings is 1. The molecule has 83 heavy (non-hydrogen) atoms. The fourth-order valence-corrected chi connectivity index (χ4v) is 14.5. The lowest BCUT2D eigenvalue weighted by Crippen LogP contribution is -2.60. The van der Waals surface area contributed by atoms with Crippen molar-refractivity contribution in [2.45, 2.75) is 89.9 Å². The fraction of sp³-hybridized carbons (Fsp3) is 0.443. The van der Waals surface area contributed by atoms with E-state index in [1.807, 2.05) is 19.9 Å². The SMILES string of the molecule is Cc1cc(F)c(-c2ccc([C@H](C)NC(=O)[C@@H]3C[C@@H](O)CN3C(=O)[C@H](c3cc(N4CC5(CCN(CCOc6nc(N7CCC8CNC(C8)C7)c7cc(Cl)c(-c8ccc(F)c9sc(N)c(C#N)c89)c(F)c7n6)CC5)C4)no3)C(C)C)cc2)c(F)c1. The lowest BCUT2D eigenvalue weighted by Gasteiger charge is -2.54. The molecule has 2 amide bonds. The average Bonchev–Trinajstić information content (AvgIpc) is 3.43. The van der Waals surface area contributed by atoms with Gasteiger partial charge in [0.25, 0.3) is 0 Å². The number of hydrogen-bond donors (Lipinski definition) is 4. The lowest BCUT2D eigenvalue weighted by molar-refractivity contribution is -0.141. The predicted octanol–water partition coefficient (Wildman–Crippen LogP) is 9.89. The number of nitrogens with two attached hydrogens (primary N) is 1. The largest absolute Gasteiger partial charge is 0.462 e. The van der Waals surface area contributed by atoms with E-state index in [0.29, 0.717) is 65.0 Å². The van der Waals surface area contributed by atoms with Gasteiger partial charge in [-0.2, -0.15) is 15.2 Å². The highest BCUT2D eigenvalue weighted by molar-refractivity contribution is 7.23. The van der Waals surface area contributed by atoms with E-state index in [2.05, 4.69) is 41.5 Å². The second-order valence-corrected chi connectivity index (χ2v) is 25.1. The van der Waals surface area contributed by atoms with Crippen molar-refractivity contribution < 1.29 is 41.5 Å². The number of nitrogens with zero attached hydrogens (tertiary/aromatic N) is 8. The number of nitrogens with one attached hydrogen (secondary N) is 2. The summed E-state index contributed by atoms with van der Waals surface area (Å²) in [5.74, 6) is -2.38. The zero-order chi connectivity index (χ0) is 58.2.